The molecule has 82 valence electrons. The van der Waals surface area contributed by atoms with E-state index in [1.165, 1.54) is 0 Å². The van der Waals surface area contributed by atoms with Crippen LogP contribution in [-0.2, 0) is 11.2 Å². The van der Waals surface area contributed by atoms with E-state index in [2.05, 4.69) is 4.98 Å². The van der Waals surface area contributed by atoms with Crippen molar-refractivity contribution >= 4 is 11.8 Å². The first-order valence-corrected chi connectivity index (χ1v) is 4.61. The van der Waals surface area contributed by atoms with Crippen molar-refractivity contribution in [1.29, 1.82) is 0 Å². The van der Waals surface area contributed by atoms with Crippen LogP contribution in [0.2, 0.25) is 0 Å². The van der Waals surface area contributed by atoms with Crippen molar-refractivity contribution in [2.24, 2.45) is 5.73 Å². The second-order valence-corrected chi connectivity index (χ2v) is 3.57. The smallest absolute Gasteiger partial charge is 0.320 e. The lowest BCUT2D eigenvalue weighted by atomic mass is 10.1. The predicted molar refractivity (Wildman–Crippen MR) is 57.9 cm³/mol. The van der Waals surface area contributed by atoms with Gasteiger partial charge in [0.25, 0.3) is 0 Å². The highest BCUT2D eigenvalue weighted by atomic mass is 16.4. The standard InChI is InChI=1S/C10H15N3O2/c1-13(2)9-4-3-7(6-12-9)5-8(11)10(14)15/h3-4,6,8H,5,11H2,1-2H3,(H,14,15)/t8-/m0/s1. The topological polar surface area (TPSA) is 79.5 Å². The average molecular weight is 209 g/mol. The molecule has 0 fully saturated rings. The quantitative estimate of drug-likeness (QED) is 0.735. The Morgan fingerprint density at radius 2 is 2.27 bits per heavy atom. The number of rotatable bonds is 4. The maximum atomic E-state index is 10.5. The van der Waals surface area contributed by atoms with Crippen LogP contribution in [0.4, 0.5) is 5.82 Å². The van der Waals surface area contributed by atoms with E-state index in [9.17, 15) is 4.79 Å². The molecular formula is C10H15N3O2. The number of pyridine rings is 1. The Kier molecular flexibility index (Phi) is 3.62. The SMILES string of the molecule is CN(C)c1ccc(C[C@H](N)C(=O)O)cn1. The third kappa shape index (κ3) is 3.21. The number of anilines is 1. The Balaban J connectivity index is 2.68. The third-order valence-corrected chi connectivity index (χ3v) is 2.04. The normalized spacial score (nSPS) is 12.2. The Morgan fingerprint density at radius 1 is 1.60 bits per heavy atom. The summed E-state index contributed by atoms with van der Waals surface area (Å²) in [4.78, 5) is 16.6. The zero-order chi connectivity index (χ0) is 11.4. The number of carboxylic acids is 1. The van der Waals surface area contributed by atoms with Crippen LogP contribution in [0, 0.1) is 0 Å². The molecule has 5 heteroatoms. The summed E-state index contributed by atoms with van der Waals surface area (Å²) in [6.07, 6.45) is 1.95. The van der Waals surface area contributed by atoms with Crippen molar-refractivity contribution in [3.05, 3.63) is 23.9 Å². The fourth-order valence-corrected chi connectivity index (χ4v) is 1.14. The minimum atomic E-state index is -0.994. The van der Waals surface area contributed by atoms with Gasteiger partial charge in [0.1, 0.15) is 11.9 Å². The first-order valence-electron chi connectivity index (χ1n) is 4.61. The maximum absolute atomic E-state index is 10.5. The number of nitrogens with two attached hydrogens (primary N) is 1. The van der Waals surface area contributed by atoms with Crippen molar-refractivity contribution in [3.63, 3.8) is 0 Å². The van der Waals surface area contributed by atoms with Gasteiger partial charge in [-0.1, -0.05) is 6.07 Å². The number of aliphatic carboxylic acids is 1. The predicted octanol–water partition coefficient (Wildman–Crippen LogP) is 0.102. The lowest BCUT2D eigenvalue weighted by Crippen LogP contribution is -2.32. The van der Waals surface area contributed by atoms with Crippen molar-refractivity contribution in [3.8, 4) is 0 Å². The summed E-state index contributed by atoms with van der Waals surface area (Å²) in [5.74, 6) is -0.158. The molecule has 15 heavy (non-hydrogen) atoms. The fraction of sp³-hybridized carbons (Fsp3) is 0.400. The highest BCUT2D eigenvalue weighted by Gasteiger charge is 2.12. The molecule has 0 spiro atoms. The van der Waals surface area contributed by atoms with Gasteiger partial charge in [-0.3, -0.25) is 4.79 Å². The van der Waals surface area contributed by atoms with Crippen LogP contribution in [-0.4, -0.2) is 36.2 Å². The highest BCUT2D eigenvalue weighted by Crippen LogP contribution is 2.08. The van der Waals surface area contributed by atoms with Crippen LogP contribution in [0.3, 0.4) is 0 Å². The number of hydrogen-bond acceptors (Lipinski definition) is 4. The molecule has 3 N–H and O–H groups in total. The van der Waals surface area contributed by atoms with Gasteiger partial charge < -0.3 is 15.7 Å². The molecule has 0 amide bonds. The molecule has 0 aliphatic carbocycles. The molecule has 0 aliphatic rings. The summed E-state index contributed by atoms with van der Waals surface area (Å²) in [5, 5.41) is 8.63. The zero-order valence-corrected chi connectivity index (χ0v) is 8.84. The highest BCUT2D eigenvalue weighted by molar-refractivity contribution is 5.73. The van der Waals surface area contributed by atoms with Gasteiger partial charge in [-0.2, -0.15) is 0 Å². The third-order valence-electron chi connectivity index (χ3n) is 2.04. The van der Waals surface area contributed by atoms with Crippen LogP contribution in [0.5, 0.6) is 0 Å². The van der Waals surface area contributed by atoms with Gasteiger partial charge in [-0.25, -0.2) is 4.98 Å². The Hall–Kier alpha value is -1.62. The fourth-order valence-electron chi connectivity index (χ4n) is 1.14. The molecule has 1 atom stereocenters. The van der Waals surface area contributed by atoms with E-state index in [1.807, 2.05) is 31.1 Å². The minimum absolute atomic E-state index is 0.302. The van der Waals surface area contributed by atoms with Crippen LogP contribution in [0.25, 0.3) is 0 Å². The van der Waals surface area contributed by atoms with Gasteiger partial charge in [-0.05, 0) is 18.1 Å². The van der Waals surface area contributed by atoms with Crippen LogP contribution in [0.1, 0.15) is 5.56 Å². The first kappa shape index (κ1) is 11.5. The van der Waals surface area contributed by atoms with Gasteiger partial charge in [0.15, 0.2) is 0 Å². The summed E-state index contributed by atoms with van der Waals surface area (Å²) < 4.78 is 0. The monoisotopic (exact) mass is 209 g/mol. The van der Waals surface area contributed by atoms with Crippen molar-refractivity contribution < 1.29 is 9.90 Å². The maximum Gasteiger partial charge on any atom is 0.320 e. The molecule has 0 bridgehead atoms. The number of nitrogens with zero attached hydrogens (tertiary/aromatic N) is 2. The molecule has 0 unspecified atom stereocenters. The Morgan fingerprint density at radius 3 is 2.67 bits per heavy atom. The van der Waals surface area contributed by atoms with Gasteiger partial charge >= 0.3 is 5.97 Å². The van der Waals surface area contributed by atoms with Crippen molar-refractivity contribution in [2.75, 3.05) is 19.0 Å². The van der Waals surface area contributed by atoms with Crippen molar-refractivity contribution in [2.45, 2.75) is 12.5 Å². The summed E-state index contributed by atoms with van der Waals surface area (Å²) in [6.45, 7) is 0. The van der Waals surface area contributed by atoms with E-state index < -0.39 is 12.0 Å². The Labute approximate surface area is 88.5 Å². The van der Waals surface area contributed by atoms with E-state index in [4.69, 9.17) is 10.8 Å². The molecule has 1 rings (SSSR count). The number of aromatic nitrogens is 1. The van der Waals surface area contributed by atoms with E-state index in [0.717, 1.165) is 11.4 Å². The summed E-state index contributed by atoms with van der Waals surface area (Å²) in [5.41, 5.74) is 6.24. The van der Waals surface area contributed by atoms with Crippen LogP contribution in [0.15, 0.2) is 18.3 Å². The van der Waals surface area contributed by atoms with Gasteiger partial charge in [-0.15, -0.1) is 0 Å². The molecule has 5 nitrogen and oxygen atoms in total. The van der Waals surface area contributed by atoms with E-state index >= 15 is 0 Å². The Bertz CT molecular complexity index is 335. The molecule has 1 heterocycles. The van der Waals surface area contributed by atoms with E-state index in [-0.39, 0.29) is 0 Å². The minimum Gasteiger partial charge on any atom is -0.480 e. The molecule has 0 radical (unpaired) electrons. The molecule has 1 aromatic heterocycles. The summed E-state index contributed by atoms with van der Waals surface area (Å²) >= 11 is 0. The van der Waals surface area contributed by atoms with E-state index in [1.54, 1.807) is 6.20 Å². The molecule has 0 saturated heterocycles. The second kappa shape index (κ2) is 4.75. The molecular weight excluding hydrogens is 194 g/mol. The molecule has 0 saturated carbocycles. The molecule has 1 aromatic rings. The van der Waals surface area contributed by atoms with Crippen LogP contribution < -0.4 is 10.6 Å². The number of carbonyl (C=O) groups is 1. The van der Waals surface area contributed by atoms with Gasteiger partial charge in [0, 0.05) is 20.3 Å². The lowest BCUT2D eigenvalue weighted by molar-refractivity contribution is -0.138. The number of hydrogen-bond donors (Lipinski definition) is 2. The van der Waals surface area contributed by atoms with E-state index in [0.29, 0.717) is 6.42 Å². The van der Waals surface area contributed by atoms with Crippen LogP contribution >= 0.6 is 0 Å². The first-order chi connectivity index (χ1) is 7.00. The molecule has 0 aromatic carbocycles. The van der Waals surface area contributed by atoms with Gasteiger partial charge in [0.05, 0.1) is 0 Å². The lowest BCUT2D eigenvalue weighted by Gasteiger charge is -2.11. The largest absolute Gasteiger partial charge is 0.480 e. The number of carboxylic acid groups (broad SMARTS) is 1. The second-order valence-electron chi connectivity index (χ2n) is 3.57. The molecule has 0 aliphatic heterocycles. The summed E-state index contributed by atoms with van der Waals surface area (Å²) in [7, 11) is 3.79. The van der Waals surface area contributed by atoms with Gasteiger partial charge in [0.2, 0.25) is 0 Å². The van der Waals surface area contributed by atoms with Crippen molar-refractivity contribution in [1.82, 2.24) is 4.98 Å². The zero-order valence-electron chi connectivity index (χ0n) is 8.84. The average Bonchev–Trinajstić information content (AvgIpc) is 2.18. The summed E-state index contributed by atoms with van der Waals surface area (Å²) in [6, 6.07) is 2.81.